The van der Waals surface area contributed by atoms with Crippen LogP contribution in [0.5, 0.6) is 0 Å². The molecule has 2 N–H and O–H groups in total. The Morgan fingerprint density at radius 2 is 1.94 bits per heavy atom. The minimum absolute atomic E-state index is 0.0327. The number of aromatic nitrogens is 1. The number of ketones is 1. The van der Waals surface area contributed by atoms with Gasteiger partial charge in [-0.2, -0.15) is 5.26 Å². The zero-order valence-corrected chi connectivity index (χ0v) is 20.8. The number of rotatable bonds is 7. The number of alkyl halides is 2. The number of benzene rings is 1. The predicted molar refractivity (Wildman–Crippen MR) is 131 cm³/mol. The van der Waals surface area contributed by atoms with E-state index >= 15 is 0 Å². The number of fused-ring (bicyclic) bond motifs is 1. The summed E-state index contributed by atoms with van der Waals surface area (Å²) < 4.78 is 24.9. The standard InChI is InChI=1S/C17H19N3O3.C6H6F2N2O.C2H6/c1-3-18-17(23)13-9-10-19-16-12(13)5-4-6-14(16)20-15(22)8-7-11(2)21;7-6(8)1-5(2-9)10(3-6)4-11;1-2/h4-6,9-10H,3,7-8H2,1-2H3,(H,18,23)(H,20,22);4-5H,1,3H2;1-2H3. The number of hydrogen-bond donors (Lipinski definition) is 2. The van der Waals surface area contributed by atoms with Crippen LogP contribution < -0.4 is 10.6 Å². The first-order valence-electron chi connectivity index (χ1n) is 11.6. The normalized spacial score (nSPS) is 15.4. The Bertz CT molecular complexity index is 1120. The summed E-state index contributed by atoms with van der Waals surface area (Å²) in [5.41, 5.74) is 1.59. The minimum Gasteiger partial charge on any atom is -0.352 e. The van der Waals surface area contributed by atoms with Gasteiger partial charge in [0.2, 0.25) is 12.3 Å². The number of anilines is 1. The number of carbonyl (C=O) groups excluding carboxylic acids is 4. The van der Waals surface area contributed by atoms with E-state index in [0.717, 1.165) is 4.90 Å². The highest BCUT2D eigenvalue weighted by Gasteiger charge is 2.44. The quantitative estimate of drug-likeness (QED) is 0.554. The Morgan fingerprint density at radius 1 is 1.25 bits per heavy atom. The monoisotopic (exact) mass is 503 g/mol. The predicted octanol–water partition coefficient (Wildman–Crippen LogP) is 3.69. The van der Waals surface area contributed by atoms with Crippen LogP contribution in [0.3, 0.4) is 0 Å². The molecular weight excluding hydrogens is 472 g/mol. The van der Waals surface area contributed by atoms with Crippen LogP contribution in [0.15, 0.2) is 30.5 Å². The van der Waals surface area contributed by atoms with Crippen LogP contribution in [-0.2, 0) is 14.4 Å². The van der Waals surface area contributed by atoms with Gasteiger partial charge in [0.15, 0.2) is 0 Å². The van der Waals surface area contributed by atoms with Gasteiger partial charge in [-0.1, -0.05) is 26.0 Å². The first kappa shape index (κ1) is 30.1. The number of pyridine rings is 1. The van der Waals surface area contributed by atoms with Crippen molar-refractivity contribution in [2.75, 3.05) is 18.4 Å². The van der Waals surface area contributed by atoms with Gasteiger partial charge in [-0.15, -0.1) is 0 Å². The molecule has 0 radical (unpaired) electrons. The summed E-state index contributed by atoms with van der Waals surface area (Å²) in [4.78, 5) is 50.2. The molecular formula is C25H31F2N5O4. The SMILES string of the molecule is CC.CCNC(=O)c1ccnc2c(NC(=O)CCC(C)=O)cccc12.N#CC1CC(F)(F)CN1C=O. The molecule has 0 aliphatic carbocycles. The Balaban J connectivity index is 0.000000417. The first-order chi connectivity index (χ1) is 17.1. The van der Waals surface area contributed by atoms with Gasteiger partial charge in [-0.05, 0) is 26.0 Å². The molecule has 1 aliphatic heterocycles. The van der Waals surface area contributed by atoms with E-state index in [2.05, 4.69) is 15.6 Å². The number of nitrogens with one attached hydrogen (secondary N) is 2. The van der Waals surface area contributed by atoms with Gasteiger partial charge < -0.3 is 20.3 Å². The van der Waals surface area contributed by atoms with Crippen molar-refractivity contribution in [3.05, 3.63) is 36.0 Å². The van der Waals surface area contributed by atoms with Gasteiger partial charge in [0, 0.05) is 37.4 Å². The molecule has 9 nitrogen and oxygen atoms in total. The summed E-state index contributed by atoms with van der Waals surface area (Å²) in [6.45, 7) is 7.20. The molecule has 1 aromatic heterocycles. The molecule has 1 fully saturated rings. The van der Waals surface area contributed by atoms with Crippen LogP contribution in [-0.4, -0.2) is 58.9 Å². The Hall–Kier alpha value is -3.94. The number of nitrogens with zero attached hydrogens (tertiary/aromatic N) is 3. The maximum atomic E-state index is 12.5. The number of amides is 3. The van der Waals surface area contributed by atoms with Crippen molar-refractivity contribution in [2.45, 2.75) is 58.9 Å². The van der Waals surface area contributed by atoms with Crippen LogP contribution in [0, 0.1) is 11.3 Å². The van der Waals surface area contributed by atoms with E-state index in [9.17, 15) is 28.0 Å². The van der Waals surface area contributed by atoms with Gasteiger partial charge >= 0.3 is 0 Å². The van der Waals surface area contributed by atoms with Gasteiger partial charge in [0.25, 0.3) is 11.8 Å². The topological polar surface area (TPSA) is 132 Å². The highest BCUT2D eigenvalue weighted by atomic mass is 19.3. The largest absolute Gasteiger partial charge is 0.352 e. The summed E-state index contributed by atoms with van der Waals surface area (Å²) >= 11 is 0. The van der Waals surface area contributed by atoms with Crippen LogP contribution in [0.2, 0.25) is 0 Å². The van der Waals surface area contributed by atoms with Crippen molar-refractivity contribution >= 4 is 40.6 Å². The fourth-order valence-corrected chi connectivity index (χ4v) is 3.31. The van der Waals surface area contributed by atoms with Crippen LogP contribution in [0.4, 0.5) is 14.5 Å². The molecule has 2 aromatic rings. The fraction of sp³-hybridized carbons (Fsp3) is 0.440. The molecule has 2 heterocycles. The second-order valence-corrected chi connectivity index (χ2v) is 7.65. The zero-order chi connectivity index (χ0) is 27.3. The lowest BCUT2D eigenvalue weighted by molar-refractivity contribution is -0.121. The summed E-state index contributed by atoms with van der Waals surface area (Å²) in [5.74, 6) is -3.35. The fourth-order valence-electron chi connectivity index (χ4n) is 3.31. The summed E-state index contributed by atoms with van der Waals surface area (Å²) in [7, 11) is 0. The van der Waals surface area contributed by atoms with Crippen molar-refractivity contribution in [1.29, 1.82) is 5.26 Å². The third-order valence-corrected chi connectivity index (χ3v) is 4.92. The lowest BCUT2D eigenvalue weighted by Crippen LogP contribution is -2.27. The number of hydrogen-bond acceptors (Lipinski definition) is 6. The molecule has 0 bridgehead atoms. The van der Waals surface area contributed by atoms with Crippen LogP contribution in [0.25, 0.3) is 10.9 Å². The summed E-state index contributed by atoms with van der Waals surface area (Å²) in [6, 6.07) is 7.60. The molecule has 1 unspecified atom stereocenters. The van der Waals surface area contributed by atoms with Crippen molar-refractivity contribution in [1.82, 2.24) is 15.2 Å². The number of Topliss-reactive ketones (excluding diaryl/α,β-unsaturated/α-hetero) is 1. The lowest BCUT2D eigenvalue weighted by Gasteiger charge is -2.10. The second kappa shape index (κ2) is 14.5. The van der Waals surface area contributed by atoms with Gasteiger partial charge in [-0.3, -0.25) is 19.4 Å². The number of para-hydroxylation sites is 1. The number of halogens is 2. The molecule has 1 aliphatic rings. The highest BCUT2D eigenvalue weighted by molar-refractivity contribution is 6.10. The number of carbonyl (C=O) groups is 4. The smallest absolute Gasteiger partial charge is 0.268 e. The highest BCUT2D eigenvalue weighted by Crippen LogP contribution is 2.30. The molecule has 194 valence electrons. The van der Waals surface area contributed by atoms with Gasteiger partial charge in [0.05, 0.1) is 29.4 Å². The molecule has 1 aromatic carbocycles. The van der Waals surface area contributed by atoms with Gasteiger partial charge in [0.1, 0.15) is 11.8 Å². The lowest BCUT2D eigenvalue weighted by atomic mass is 10.1. The zero-order valence-electron chi connectivity index (χ0n) is 20.8. The van der Waals surface area contributed by atoms with E-state index in [1.807, 2.05) is 20.8 Å². The average Bonchev–Trinajstić information content (AvgIpc) is 3.18. The van der Waals surface area contributed by atoms with E-state index in [0.29, 0.717) is 28.7 Å². The van der Waals surface area contributed by atoms with Crippen molar-refractivity contribution in [3.63, 3.8) is 0 Å². The Labute approximate surface area is 208 Å². The van der Waals surface area contributed by atoms with Crippen molar-refractivity contribution in [2.24, 2.45) is 0 Å². The van der Waals surface area contributed by atoms with Crippen LogP contribution in [0.1, 0.15) is 57.3 Å². The molecule has 1 atom stereocenters. The number of nitriles is 1. The summed E-state index contributed by atoms with van der Waals surface area (Å²) in [5, 5.41) is 14.5. The summed E-state index contributed by atoms with van der Waals surface area (Å²) in [6.07, 6.45) is 1.62. The number of likely N-dealkylation sites (tertiary alicyclic amines) is 1. The second-order valence-electron chi connectivity index (χ2n) is 7.65. The molecule has 3 rings (SSSR count). The maximum absolute atomic E-state index is 12.5. The Kier molecular flexibility index (Phi) is 12.1. The molecule has 36 heavy (non-hydrogen) atoms. The molecule has 0 spiro atoms. The third kappa shape index (κ3) is 8.69. The molecule has 3 amide bonds. The van der Waals surface area contributed by atoms with E-state index in [1.54, 1.807) is 30.3 Å². The van der Waals surface area contributed by atoms with E-state index in [4.69, 9.17) is 5.26 Å². The molecule has 0 saturated carbocycles. The minimum atomic E-state index is -2.89. The maximum Gasteiger partial charge on any atom is 0.268 e. The van der Waals surface area contributed by atoms with Crippen molar-refractivity contribution in [3.8, 4) is 6.07 Å². The Morgan fingerprint density at radius 3 is 2.50 bits per heavy atom. The third-order valence-electron chi connectivity index (χ3n) is 4.92. The van der Waals surface area contributed by atoms with E-state index in [-0.39, 0.29) is 36.8 Å². The average molecular weight is 504 g/mol. The van der Waals surface area contributed by atoms with Crippen LogP contribution >= 0.6 is 0 Å². The van der Waals surface area contributed by atoms with Gasteiger partial charge in [-0.25, -0.2) is 8.78 Å². The van der Waals surface area contributed by atoms with E-state index < -0.39 is 24.9 Å². The first-order valence-corrected chi connectivity index (χ1v) is 11.6. The molecule has 11 heteroatoms. The van der Waals surface area contributed by atoms with E-state index in [1.165, 1.54) is 13.1 Å². The molecule has 1 saturated heterocycles. The van der Waals surface area contributed by atoms with Crippen molar-refractivity contribution < 1.29 is 28.0 Å².